The highest BCUT2D eigenvalue weighted by atomic mass is 32.2. The highest BCUT2D eigenvalue weighted by Crippen LogP contribution is 2.25. The standard InChI is InChI=1S/C30H42N4O8S/c1-30(2,3)42-29(37)32(4)23-15-18-33(19-16-23)27(35)17-20-34(43(39,40)25-13-11-24(41-5)12-14-25)26(28(36)31-38)21-22-9-7-6-8-10-22/h6-14,23,26,38H,15-21H2,1-5H3,(H,31,36). The molecule has 13 heteroatoms. The number of carbonyl (C=O) groups excluding carboxylic acids is 3. The van der Waals surface area contributed by atoms with Gasteiger partial charge < -0.3 is 19.3 Å². The van der Waals surface area contributed by atoms with Crippen LogP contribution in [0.4, 0.5) is 4.79 Å². The largest absolute Gasteiger partial charge is 0.497 e. The van der Waals surface area contributed by atoms with Gasteiger partial charge >= 0.3 is 6.09 Å². The van der Waals surface area contributed by atoms with E-state index in [1.165, 1.54) is 31.4 Å². The second-order valence-corrected chi connectivity index (χ2v) is 13.3. The minimum atomic E-state index is -4.29. The average molecular weight is 619 g/mol. The van der Waals surface area contributed by atoms with Crippen molar-refractivity contribution in [3.8, 4) is 5.75 Å². The lowest BCUT2D eigenvalue weighted by Gasteiger charge is -2.37. The van der Waals surface area contributed by atoms with E-state index in [0.29, 0.717) is 37.2 Å². The fourth-order valence-corrected chi connectivity index (χ4v) is 6.50. The molecular weight excluding hydrogens is 576 g/mol. The van der Waals surface area contributed by atoms with Crippen LogP contribution in [0.1, 0.15) is 45.6 Å². The van der Waals surface area contributed by atoms with Crippen LogP contribution in [0.25, 0.3) is 0 Å². The first-order chi connectivity index (χ1) is 20.3. The number of piperidine rings is 1. The third-order valence-electron chi connectivity index (χ3n) is 7.29. The van der Waals surface area contributed by atoms with Crippen molar-refractivity contribution in [3.05, 3.63) is 60.2 Å². The van der Waals surface area contributed by atoms with Crippen molar-refractivity contribution in [1.82, 2.24) is 19.6 Å². The van der Waals surface area contributed by atoms with Crippen molar-refractivity contribution in [2.24, 2.45) is 0 Å². The summed E-state index contributed by atoms with van der Waals surface area (Å²) in [6, 6.07) is 13.1. The van der Waals surface area contributed by atoms with E-state index < -0.39 is 33.7 Å². The molecule has 0 aromatic heterocycles. The number of carbonyl (C=O) groups is 3. The van der Waals surface area contributed by atoms with Crippen LogP contribution in [0.3, 0.4) is 0 Å². The van der Waals surface area contributed by atoms with Crippen molar-refractivity contribution >= 4 is 27.9 Å². The summed E-state index contributed by atoms with van der Waals surface area (Å²) in [6.45, 7) is 5.86. The number of ether oxygens (including phenoxy) is 2. The molecule has 1 aliphatic heterocycles. The van der Waals surface area contributed by atoms with Gasteiger partial charge in [0, 0.05) is 39.1 Å². The number of methoxy groups -OCH3 is 1. The topological polar surface area (TPSA) is 146 Å². The predicted molar refractivity (Wildman–Crippen MR) is 159 cm³/mol. The second kappa shape index (κ2) is 14.7. The molecule has 1 heterocycles. The van der Waals surface area contributed by atoms with Crippen molar-refractivity contribution in [3.63, 3.8) is 0 Å². The van der Waals surface area contributed by atoms with Crippen molar-refractivity contribution in [1.29, 1.82) is 0 Å². The highest BCUT2D eigenvalue weighted by Gasteiger charge is 2.37. The summed E-state index contributed by atoms with van der Waals surface area (Å²) in [4.78, 5) is 41.8. The maximum Gasteiger partial charge on any atom is 0.410 e. The number of nitrogens with zero attached hydrogens (tertiary/aromatic N) is 3. The third kappa shape index (κ3) is 9.15. The van der Waals surface area contributed by atoms with E-state index in [9.17, 15) is 28.0 Å². The number of amides is 3. The number of likely N-dealkylation sites (tertiary alicyclic amines) is 1. The minimum Gasteiger partial charge on any atom is -0.497 e. The van der Waals surface area contributed by atoms with Crippen molar-refractivity contribution < 1.29 is 37.5 Å². The summed E-state index contributed by atoms with van der Waals surface area (Å²) in [6.07, 6.45) is 0.437. The van der Waals surface area contributed by atoms with Crippen LogP contribution in [0.15, 0.2) is 59.5 Å². The Balaban J connectivity index is 1.78. The van der Waals surface area contributed by atoms with Crippen LogP contribution in [-0.4, -0.2) is 97.1 Å². The molecule has 1 saturated heterocycles. The quantitative estimate of drug-likeness (QED) is 0.289. The molecule has 2 aromatic rings. The molecule has 1 atom stereocenters. The number of rotatable bonds is 11. The Kier molecular flexibility index (Phi) is 11.5. The fraction of sp³-hybridized carbons (Fsp3) is 0.500. The Morgan fingerprint density at radius 2 is 1.65 bits per heavy atom. The first-order valence-corrected chi connectivity index (χ1v) is 15.6. The molecular formula is C30H42N4O8S. The molecule has 43 heavy (non-hydrogen) atoms. The van der Waals surface area contributed by atoms with Gasteiger partial charge in [-0.2, -0.15) is 4.31 Å². The maximum atomic E-state index is 13.9. The summed E-state index contributed by atoms with van der Waals surface area (Å²) in [7, 11) is -1.16. The summed E-state index contributed by atoms with van der Waals surface area (Å²) in [5.74, 6) is -0.745. The lowest BCUT2D eigenvalue weighted by molar-refractivity contribution is -0.135. The average Bonchev–Trinajstić information content (AvgIpc) is 2.99. The van der Waals surface area contributed by atoms with Crippen molar-refractivity contribution in [2.75, 3.05) is 33.8 Å². The van der Waals surface area contributed by atoms with E-state index in [1.807, 2.05) is 0 Å². The van der Waals surface area contributed by atoms with Crippen LogP contribution in [0.2, 0.25) is 0 Å². The van der Waals surface area contributed by atoms with E-state index in [4.69, 9.17) is 9.47 Å². The number of hydroxylamine groups is 1. The zero-order chi connectivity index (χ0) is 31.8. The summed E-state index contributed by atoms with van der Waals surface area (Å²) < 4.78 is 39.4. The van der Waals surface area contributed by atoms with Gasteiger partial charge in [0.2, 0.25) is 15.9 Å². The van der Waals surface area contributed by atoms with Gasteiger partial charge in [0.05, 0.1) is 12.0 Å². The number of sulfonamides is 1. The van der Waals surface area contributed by atoms with Crippen LogP contribution in [0, 0.1) is 0 Å². The zero-order valence-corrected chi connectivity index (χ0v) is 26.2. The Morgan fingerprint density at radius 1 is 1.05 bits per heavy atom. The molecule has 236 valence electrons. The molecule has 0 spiro atoms. The van der Waals surface area contributed by atoms with Gasteiger partial charge in [-0.1, -0.05) is 30.3 Å². The van der Waals surface area contributed by atoms with Gasteiger partial charge in [0.15, 0.2) is 0 Å². The molecule has 1 unspecified atom stereocenters. The Bertz CT molecular complexity index is 1340. The first kappa shape index (κ1) is 33.8. The van der Waals surface area contributed by atoms with Gasteiger partial charge in [-0.25, -0.2) is 18.7 Å². The zero-order valence-electron chi connectivity index (χ0n) is 25.4. The number of nitrogens with one attached hydrogen (secondary N) is 1. The Hall–Kier alpha value is -3.68. The van der Waals surface area contributed by atoms with E-state index in [2.05, 4.69) is 0 Å². The molecule has 0 bridgehead atoms. The molecule has 3 amide bonds. The molecule has 0 aliphatic carbocycles. The number of benzene rings is 2. The molecule has 2 N–H and O–H groups in total. The normalized spacial score (nSPS) is 15.1. The van der Waals surface area contributed by atoms with Crippen LogP contribution in [-0.2, 0) is 30.8 Å². The monoisotopic (exact) mass is 618 g/mol. The molecule has 12 nitrogen and oxygen atoms in total. The maximum absolute atomic E-state index is 13.9. The second-order valence-electron chi connectivity index (χ2n) is 11.4. The van der Waals surface area contributed by atoms with Gasteiger partial charge in [0.25, 0.3) is 5.91 Å². The smallest absolute Gasteiger partial charge is 0.410 e. The number of hydrogen-bond acceptors (Lipinski definition) is 8. The summed E-state index contributed by atoms with van der Waals surface area (Å²) >= 11 is 0. The number of hydrogen-bond donors (Lipinski definition) is 2. The van der Waals surface area contributed by atoms with E-state index in [-0.39, 0.29) is 36.2 Å². The van der Waals surface area contributed by atoms with Gasteiger partial charge in [-0.15, -0.1) is 0 Å². The molecule has 0 radical (unpaired) electrons. The van der Waals surface area contributed by atoms with Crippen molar-refractivity contribution in [2.45, 2.75) is 69.0 Å². The molecule has 1 aliphatic rings. The fourth-order valence-electron chi connectivity index (χ4n) is 4.91. The van der Waals surface area contributed by atoms with E-state index in [1.54, 1.807) is 73.4 Å². The summed E-state index contributed by atoms with van der Waals surface area (Å²) in [5.41, 5.74) is 1.65. The lowest BCUT2D eigenvalue weighted by atomic mass is 10.0. The summed E-state index contributed by atoms with van der Waals surface area (Å²) in [5, 5.41) is 9.54. The Morgan fingerprint density at radius 3 is 2.19 bits per heavy atom. The molecule has 0 saturated carbocycles. The van der Waals surface area contributed by atoms with Crippen LogP contribution in [0.5, 0.6) is 5.75 Å². The molecule has 1 fully saturated rings. The molecule has 2 aromatic carbocycles. The SMILES string of the molecule is COc1ccc(S(=O)(=O)N(CCC(=O)N2CCC(N(C)C(=O)OC(C)(C)C)CC2)C(Cc2ccccc2)C(=O)NO)cc1. The lowest BCUT2D eigenvalue weighted by Crippen LogP contribution is -2.52. The first-order valence-electron chi connectivity index (χ1n) is 14.1. The van der Waals surface area contributed by atoms with Gasteiger partial charge in [-0.3, -0.25) is 14.8 Å². The van der Waals surface area contributed by atoms with Crippen LogP contribution >= 0.6 is 0 Å². The van der Waals surface area contributed by atoms with E-state index >= 15 is 0 Å². The van der Waals surface area contributed by atoms with Gasteiger partial charge in [-0.05, 0) is 69.9 Å². The van der Waals surface area contributed by atoms with E-state index in [0.717, 1.165) is 4.31 Å². The van der Waals surface area contributed by atoms with Gasteiger partial charge in [0.1, 0.15) is 17.4 Å². The third-order valence-corrected chi connectivity index (χ3v) is 9.21. The highest BCUT2D eigenvalue weighted by molar-refractivity contribution is 7.89. The van der Waals surface area contributed by atoms with Crippen LogP contribution < -0.4 is 10.2 Å². The minimum absolute atomic E-state index is 0.0286. The Labute approximate surface area is 253 Å². The predicted octanol–water partition coefficient (Wildman–Crippen LogP) is 3.05. The molecule has 3 rings (SSSR count).